The van der Waals surface area contributed by atoms with Gasteiger partial charge in [0.2, 0.25) is 10.0 Å². The Morgan fingerprint density at radius 1 is 0.909 bits per heavy atom. The maximum Gasteiger partial charge on any atom is 0.322 e. The van der Waals surface area contributed by atoms with Gasteiger partial charge in [0.05, 0.1) is 12.0 Å². The molecule has 170 valence electrons. The van der Waals surface area contributed by atoms with Gasteiger partial charge in [-0.1, -0.05) is 54.3 Å². The number of benzene rings is 3. The lowest BCUT2D eigenvalue weighted by atomic mass is 10.1. The van der Waals surface area contributed by atoms with E-state index in [0.29, 0.717) is 5.75 Å². The highest BCUT2D eigenvalue weighted by Crippen LogP contribution is 2.24. The molecule has 3 rings (SSSR count). The van der Waals surface area contributed by atoms with Crippen LogP contribution in [0.1, 0.15) is 6.42 Å². The number of nitrogens with one attached hydrogen (secondary N) is 1. The molecule has 0 amide bonds. The molecule has 0 bridgehead atoms. The van der Waals surface area contributed by atoms with E-state index in [9.17, 15) is 18.3 Å². The van der Waals surface area contributed by atoms with Crippen LogP contribution in [-0.2, 0) is 14.8 Å². The molecule has 7 nitrogen and oxygen atoms in total. The zero-order valence-corrected chi connectivity index (χ0v) is 18.7. The maximum absolute atomic E-state index is 12.7. The van der Waals surface area contributed by atoms with Crippen molar-refractivity contribution in [1.29, 1.82) is 0 Å². The molecule has 0 aliphatic heterocycles. The number of carbonyl (C=O) groups is 1. The molecule has 0 saturated heterocycles. The predicted molar refractivity (Wildman–Crippen MR) is 125 cm³/mol. The number of ether oxygens (including phenoxy) is 2. The molecule has 0 aliphatic rings. The molecule has 0 radical (unpaired) electrons. The summed E-state index contributed by atoms with van der Waals surface area (Å²) in [6.45, 7) is 0.0654. The van der Waals surface area contributed by atoms with E-state index in [4.69, 9.17) is 9.47 Å². The molecular weight excluding hydrogens is 442 g/mol. The van der Waals surface area contributed by atoms with Crippen LogP contribution >= 0.6 is 0 Å². The van der Waals surface area contributed by atoms with Crippen molar-refractivity contribution >= 4 is 16.0 Å². The van der Waals surface area contributed by atoms with Crippen LogP contribution in [0.2, 0.25) is 0 Å². The van der Waals surface area contributed by atoms with Crippen LogP contribution in [0.3, 0.4) is 0 Å². The molecular formula is C25H23NO6S. The van der Waals surface area contributed by atoms with Gasteiger partial charge in [-0.15, -0.1) is 0 Å². The Kier molecular flexibility index (Phi) is 8.08. The standard InChI is InChI=1S/C25H23NO6S/c1-31-21-14-10-19(11-15-21)20-12-16-23(17-13-20)33(29,30)26-24(25(27)28)9-5-6-18-32-22-7-3-2-4-8-22/h2-4,7-8,10-17,24,26H,9,18H2,1H3,(H,27,28). The summed E-state index contributed by atoms with van der Waals surface area (Å²) in [5.74, 6) is 5.40. The van der Waals surface area contributed by atoms with Gasteiger partial charge in [0, 0.05) is 6.42 Å². The number of sulfonamides is 1. The van der Waals surface area contributed by atoms with Crippen molar-refractivity contribution in [1.82, 2.24) is 4.72 Å². The van der Waals surface area contributed by atoms with Gasteiger partial charge < -0.3 is 14.6 Å². The minimum Gasteiger partial charge on any atom is -0.497 e. The molecule has 0 aromatic heterocycles. The lowest BCUT2D eigenvalue weighted by Crippen LogP contribution is -2.40. The van der Waals surface area contributed by atoms with E-state index in [1.165, 1.54) is 12.1 Å². The zero-order chi connectivity index (χ0) is 23.7. The van der Waals surface area contributed by atoms with E-state index in [2.05, 4.69) is 16.6 Å². The first-order valence-corrected chi connectivity index (χ1v) is 11.5. The molecule has 0 saturated carbocycles. The third-order valence-corrected chi connectivity index (χ3v) is 6.16. The highest BCUT2D eigenvalue weighted by Gasteiger charge is 2.24. The Bertz CT molecular complexity index is 1230. The third kappa shape index (κ3) is 6.84. The number of aliphatic carboxylic acids is 1. The Morgan fingerprint density at radius 2 is 1.52 bits per heavy atom. The number of rotatable bonds is 9. The molecule has 3 aromatic carbocycles. The second-order valence-electron chi connectivity index (χ2n) is 6.92. The van der Waals surface area contributed by atoms with E-state index in [1.807, 2.05) is 42.5 Å². The van der Waals surface area contributed by atoms with Crippen molar-refractivity contribution in [2.75, 3.05) is 13.7 Å². The summed E-state index contributed by atoms with van der Waals surface area (Å²) < 4.78 is 38.1. The summed E-state index contributed by atoms with van der Waals surface area (Å²) in [7, 11) is -2.47. The fourth-order valence-electron chi connectivity index (χ4n) is 2.91. The Balaban J connectivity index is 1.62. The van der Waals surface area contributed by atoms with Crippen molar-refractivity contribution in [2.45, 2.75) is 17.4 Å². The van der Waals surface area contributed by atoms with E-state index in [0.717, 1.165) is 16.9 Å². The first kappa shape index (κ1) is 23.9. The maximum atomic E-state index is 12.7. The van der Waals surface area contributed by atoms with Gasteiger partial charge >= 0.3 is 5.97 Å². The van der Waals surface area contributed by atoms with Crippen molar-refractivity contribution in [3.05, 3.63) is 78.9 Å². The molecule has 33 heavy (non-hydrogen) atoms. The van der Waals surface area contributed by atoms with Crippen molar-refractivity contribution in [2.24, 2.45) is 0 Å². The van der Waals surface area contributed by atoms with Gasteiger partial charge in [0.1, 0.15) is 24.1 Å². The molecule has 0 aliphatic carbocycles. The fraction of sp³-hybridized carbons (Fsp3) is 0.160. The topological polar surface area (TPSA) is 102 Å². The highest BCUT2D eigenvalue weighted by molar-refractivity contribution is 7.89. The van der Waals surface area contributed by atoms with Gasteiger partial charge in [-0.05, 0) is 47.5 Å². The second kappa shape index (κ2) is 11.2. The summed E-state index contributed by atoms with van der Waals surface area (Å²) >= 11 is 0. The number of hydrogen-bond donors (Lipinski definition) is 2. The minimum absolute atomic E-state index is 0.0358. The van der Waals surface area contributed by atoms with E-state index in [-0.39, 0.29) is 17.9 Å². The van der Waals surface area contributed by atoms with Crippen molar-refractivity contribution < 1.29 is 27.8 Å². The summed E-state index contributed by atoms with van der Waals surface area (Å²) in [6.07, 6.45) is -0.198. The fourth-order valence-corrected chi connectivity index (χ4v) is 4.10. The summed E-state index contributed by atoms with van der Waals surface area (Å²) in [6, 6.07) is 21.2. The summed E-state index contributed by atoms with van der Waals surface area (Å²) in [4.78, 5) is 11.5. The van der Waals surface area contributed by atoms with Crippen LogP contribution in [-0.4, -0.2) is 39.3 Å². The van der Waals surface area contributed by atoms with Crippen LogP contribution in [0.5, 0.6) is 11.5 Å². The molecule has 0 fully saturated rings. The molecule has 0 spiro atoms. The summed E-state index contributed by atoms with van der Waals surface area (Å²) in [5.41, 5.74) is 1.71. The highest BCUT2D eigenvalue weighted by atomic mass is 32.2. The molecule has 2 N–H and O–H groups in total. The third-order valence-electron chi connectivity index (χ3n) is 4.67. The average molecular weight is 466 g/mol. The molecule has 3 aromatic rings. The van der Waals surface area contributed by atoms with Gasteiger partial charge in [-0.2, -0.15) is 4.72 Å². The first-order valence-electron chi connectivity index (χ1n) is 10.0. The SMILES string of the molecule is COc1ccc(-c2ccc(S(=O)(=O)NC(CC#CCOc3ccccc3)C(=O)O)cc2)cc1. The van der Waals surface area contributed by atoms with E-state index in [1.54, 1.807) is 31.4 Å². The van der Waals surface area contributed by atoms with E-state index < -0.39 is 22.0 Å². The largest absolute Gasteiger partial charge is 0.497 e. The lowest BCUT2D eigenvalue weighted by molar-refractivity contribution is -0.138. The van der Waals surface area contributed by atoms with Gasteiger partial charge in [0.25, 0.3) is 0 Å². The number of carboxylic acid groups (broad SMARTS) is 1. The first-order chi connectivity index (χ1) is 15.9. The Hall–Kier alpha value is -3.80. The number of para-hydroxylation sites is 1. The smallest absolute Gasteiger partial charge is 0.322 e. The Labute approximate surface area is 193 Å². The van der Waals surface area contributed by atoms with Crippen LogP contribution in [0.4, 0.5) is 0 Å². The average Bonchev–Trinajstić information content (AvgIpc) is 2.84. The van der Waals surface area contributed by atoms with Crippen molar-refractivity contribution in [3.63, 3.8) is 0 Å². The monoisotopic (exact) mass is 465 g/mol. The quantitative estimate of drug-likeness (QED) is 0.469. The number of carboxylic acids is 1. The summed E-state index contributed by atoms with van der Waals surface area (Å²) in [5, 5.41) is 9.42. The van der Waals surface area contributed by atoms with Gasteiger partial charge in [-0.3, -0.25) is 4.79 Å². The van der Waals surface area contributed by atoms with Crippen molar-refractivity contribution in [3.8, 4) is 34.5 Å². The normalized spacial score (nSPS) is 11.7. The van der Waals surface area contributed by atoms with Gasteiger partial charge in [0.15, 0.2) is 0 Å². The minimum atomic E-state index is -4.05. The number of hydrogen-bond acceptors (Lipinski definition) is 5. The second-order valence-corrected chi connectivity index (χ2v) is 8.64. The zero-order valence-electron chi connectivity index (χ0n) is 17.9. The Morgan fingerprint density at radius 3 is 2.09 bits per heavy atom. The van der Waals surface area contributed by atoms with Gasteiger partial charge in [-0.25, -0.2) is 8.42 Å². The molecule has 8 heteroatoms. The van der Waals surface area contributed by atoms with Crippen LogP contribution in [0.25, 0.3) is 11.1 Å². The lowest BCUT2D eigenvalue weighted by Gasteiger charge is -2.13. The van der Waals surface area contributed by atoms with Crippen LogP contribution in [0, 0.1) is 11.8 Å². The molecule has 1 unspecified atom stereocenters. The number of methoxy groups -OCH3 is 1. The van der Waals surface area contributed by atoms with Crippen LogP contribution in [0.15, 0.2) is 83.8 Å². The predicted octanol–water partition coefficient (Wildman–Crippen LogP) is 3.57. The van der Waals surface area contributed by atoms with Crippen LogP contribution < -0.4 is 14.2 Å². The van der Waals surface area contributed by atoms with E-state index >= 15 is 0 Å². The molecule has 1 atom stereocenters. The molecule has 0 heterocycles.